The first kappa shape index (κ1) is 21.4. The summed E-state index contributed by atoms with van der Waals surface area (Å²) in [7, 11) is 1.84. The molecule has 0 aromatic heterocycles. The monoisotopic (exact) mass is 419 g/mol. The lowest BCUT2D eigenvalue weighted by Crippen LogP contribution is -2.62. The van der Waals surface area contributed by atoms with Gasteiger partial charge in [-0.15, -0.1) is 0 Å². The molecule has 0 spiro atoms. The molecular formula is C26H33N3O2. The lowest BCUT2D eigenvalue weighted by molar-refractivity contribution is -0.157. The number of rotatable bonds is 5. The average Bonchev–Trinajstić information content (AvgIpc) is 2.96. The fraction of sp³-hybridized carbons (Fsp3) is 0.462. The number of amides is 2. The highest BCUT2D eigenvalue weighted by atomic mass is 16.2. The van der Waals surface area contributed by atoms with Gasteiger partial charge in [-0.25, -0.2) is 0 Å². The van der Waals surface area contributed by atoms with Crippen LogP contribution in [-0.4, -0.2) is 47.8 Å². The Hall–Kier alpha value is -2.82. The van der Waals surface area contributed by atoms with Crippen LogP contribution in [0.5, 0.6) is 0 Å². The van der Waals surface area contributed by atoms with Crippen molar-refractivity contribution < 1.29 is 9.59 Å². The Morgan fingerprint density at radius 1 is 1.06 bits per heavy atom. The van der Waals surface area contributed by atoms with Crippen LogP contribution < -0.4 is 5.32 Å². The van der Waals surface area contributed by atoms with E-state index in [1.165, 1.54) is 11.1 Å². The fourth-order valence-electron chi connectivity index (χ4n) is 5.09. The second-order valence-corrected chi connectivity index (χ2v) is 10.1. The number of nitrogens with zero attached hydrogens (tertiary/aromatic N) is 2. The average molecular weight is 420 g/mol. The fourth-order valence-corrected chi connectivity index (χ4v) is 5.09. The van der Waals surface area contributed by atoms with Gasteiger partial charge in [0, 0.05) is 50.7 Å². The van der Waals surface area contributed by atoms with Gasteiger partial charge in [0.15, 0.2) is 0 Å². The number of fused-ring (bicyclic) bond motifs is 1. The molecule has 1 aliphatic carbocycles. The second kappa shape index (κ2) is 7.70. The summed E-state index contributed by atoms with van der Waals surface area (Å²) in [5.41, 5.74) is 4.67. The maximum absolute atomic E-state index is 12.9. The first-order valence-electron chi connectivity index (χ1n) is 11.0. The molecule has 1 aliphatic heterocycles. The van der Waals surface area contributed by atoms with Crippen LogP contribution in [-0.2, 0) is 28.0 Å². The second-order valence-electron chi connectivity index (χ2n) is 10.1. The molecule has 4 rings (SSSR count). The first-order valence-corrected chi connectivity index (χ1v) is 11.0. The third-order valence-corrected chi connectivity index (χ3v) is 7.11. The summed E-state index contributed by atoms with van der Waals surface area (Å²) < 4.78 is 0. The Labute approximate surface area is 185 Å². The zero-order valence-electron chi connectivity index (χ0n) is 19.2. The SMILES string of the molecule is CC(=O)N1CC(C)(C(=O)N(C)Cc2ccc(NC3Cc4ccccc4C3(C)C)cc2)C1. The Morgan fingerprint density at radius 3 is 2.32 bits per heavy atom. The van der Waals surface area contributed by atoms with Crippen LogP contribution in [0, 0.1) is 5.41 Å². The van der Waals surface area contributed by atoms with E-state index >= 15 is 0 Å². The maximum Gasteiger partial charge on any atom is 0.232 e. The molecule has 1 N–H and O–H groups in total. The number of nitrogens with one attached hydrogen (secondary N) is 1. The predicted molar refractivity (Wildman–Crippen MR) is 124 cm³/mol. The van der Waals surface area contributed by atoms with Gasteiger partial charge in [0.25, 0.3) is 0 Å². The molecule has 1 saturated heterocycles. The minimum atomic E-state index is -0.467. The minimum absolute atomic E-state index is 0.0320. The van der Waals surface area contributed by atoms with Gasteiger partial charge in [0.05, 0.1) is 5.41 Å². The molecule has 0 bridgehead atoms. The number of hydrogen-bond acceptors (Lipinski definition) is 3. The van der Waals surface area contributed by atoms with Gasteiger partial charge in [-0.1, -0.05) is 50.2 Å². The van der Waals surface area contributed by atoms with E-state index in [4.69, 9.17) is 0 Å². The van der Waals surface area contributed by atoms with Crippen LogP contribution in [0.3, 0.4) is 0 Å². The van der Waals surface area contributed by atoms with Crippen LogP contribution in [0.4, 0.5) is 5.69 Å². The van der Waals surface area contributed by atoms with E-state index in [0.29, 0.717) is 25.7 Å². The molecule has 2 aromatic rings. The summed E-state index contributed by atoms with van der Waals surface area (Å²) in [6.07, 6.45) is 1.03. The molecule has 1 unspecified atom stereocenters. The smallest absolute Gasteiger partial charge is 0.232 e. The molecule has 5 nitrogen and oxygen atoms in total. The van der Waals surface area contributed by atoms with Crippen molar-refractivity contribution in [3.63, 3.8) is 0 Å². The number of carbonyl (C=O) groups is 2. The predicted octanol–water partition coefficient (Wildman–Crippen LogP) is 3.83. The van der Waals surface area contributed by atoms with Crippen molar-refractivity contribution in [2.45, 2.75) is 52.1 Å². The highest BCUT2D eigenvalue weighted by Crippen LogP contribution is 2.40. The van der Waals surface area contributed by atoms with Crippen molar-refractivity contribution in [2.75, 3.05) is 25.5 Å². The number of benzene rings is 2. The van der Waals surface area contributed by atoms with Crippen LogP contribution in [0.2, 0.25) is 0 Å². The summed E-state index contributed by atoms with van der Waals surface area (Å²) in [4.78, 5) is 27.8. The van der Waals surface area contributed by atoms with Crippen molar-refractivity contribution in [3.8, 4) is 0 Å². The Balaban J connectivity index is 1.36. The van der Waals surface area contributed by atoms with Crippen molar-refractivity contribution in [3.05, 3.63) is 65.2 Å². The van der Waals surface area contributed by atoms with Crippen molar-refractivity contribution in [1.29, 1.82) is 0 Å². The summed E-state index contributed by atoms with van der Waals surface area (Å²) in [5, 5.41) is 3.72. The number of carbonyl (C=O) groups excluding carboxylic acids is 2. The molecule has 164 valence electrons. The van der Waals surface area contributed by atoms with E-state index in [1.807, 2.05) is 14.0 Å². The first-order chi connectivity index (χ1) is 14.6. The number of hydrogen-bond donors (Lipinski definition) is 1. The van der Waals surface area contributed by atoms with E-state index < -0.39 is 5.41 Å². The minimum Gasteiger partial charge on any atom is -0.381 e. The van der Waals surface area contributed by atoms with Crippen LogP contribution >= 0.6 is 0 Å². The normalized spacial score (nSPS) is 20.5. The highest BCUT2D eigenvalue weighted by molar-refractivity contribution is 5.86. The molecule has 1 heterocycles. The molecule has 1 fully saturated rings. The molecule has 2 aliphatic rings. The van der Waals surface area contributed by atoms with Crippen LogP contribution in [0.25, 0.3) is 0 Å². The highest BCUT2D eigenvalue weighted by Gasteiger charge is 2.47. The third-order valence-electron chi connectivity index (χ3n) is 7.11. The molecule has 0 saturated carbocycles. The zero-order chi connectivity index (χ0) is 22.4. The van der Waals surface area contributed by atoms with Gasteiger partial charge in [-0.3, -0.25) is 9.59 Å². The lowest BCUT2D eigenvalue weighted by Gasteiger charge is -2.47. The van der Waals surface area contributed by atoms with Gasteiger partial charge in [0.2, 0.25) is 11.8 Å². The van der Waals surface area contributed by atoms with E-state index in [1.54, 1.807) is 16.7 Å². The Bertz CT molecular complexity index is 990. The molecule has 31 heavy (non-hydrogen) atoms. The summed E-state index contributed by atoms with van der Waals surface area (Å²) in [6, 6.07) is 17.5. The molecule has 1 atom stereocenters. The standard InChI is InChI=1S/C26H33N3O2/c1-18(30)29-16-26(4,17-29)24(31)28(5)15-19-10-12-21(13-11-19)27-23-14-20-8-6-7-9-22(20)25(23,2)3/h6-13,23,27H,14-17H2,1-5H3. The summed E-state index contributed by atoms with van der Waals surface area (Å²) >= 11 is 0. The molecule has 2 amide bonds. The zero-order valence-corrected chi connectivity index (χ0v) is 19.2. The Morgan fingerprint density at radius 2 is 1.71 bits per heavy atom. The molecule has 0 radical (unpaired) electrons. The van der Waals surface area contributed by atoms with Gasteiger partial charge >= 0.3 is 0 Å². The van der Waals surface area contributed by atoms with E-state index in [2.05, 4.69) is 67.7 Å². The topological polar surface area (TPSA) is 52.7 Å². The van der Waals surface area contributed by atoms with Gasteiger partial charge < -0.3 is 15.1 Å². The lowest BCUT2D eigenvalue weighted by atomic mass is 9.80. The van der Waals surface area contributed by atoms with Gasteiger partial charge in [-0.05, 0) is 42.2 Å². The summed E-state index contributed by atoms with van der Waals surface area (Å²) in [5.74, 6) is 0.127. The van der Waals surface area contributed by atoms with Crippen LogP contribution in [0.15, 0.2) is 48.5 Å². The quantitative estimate of drug-likeness (QED) is 0.801. The van der Waals surface area contributed by atoms with E-state index in [9.17, 15) is 9.59 Å². The van der Waals surface area contributed by atoms with Crippen LogP contribution in [0.1, 0.15) is 44.4 Å². The van der Waals surface area contributed by atoms with Crippen molar-refractivity contribution >= 4 is 17.5 Å². The van der Waals surface area contributed by atoms with Crippen molar-refractivity contribution in [1.82, 2.24) is 9.80 Å². The summed E-state index contributed by atoms with van der Waals surface area (Å²) in [6.45, 7) is 9.69. The largest absolute Gasteiger partial charge is 0.381 e. The molecule has 5 heteroatoms. The Kier molecular flexibility index (Phi) is 5.32. The number of likely N-dealkylation sites (tertiary alicyclic amines) is 1. The molecular weight excluding hydrogens is 386 g/mol. The van der Waals surface area contributed by atoms with Crippen molar-refractivity contribution in [2.24, 2.45) is 5.41 Å². The third kappa shape index (κ3) is 3.93. The molecule has 2 aromatic carbocycles. The maximum atomic E-state index is 12.9. The van der Waals surface area contributed by atoms with Gasteiger partial charge in [-0.2, -0.15) is 0 Å². The number of anilines is 1. The van der Waals surface area contributed by atoms with Gasteiger partial charge in [0.1, 0.15) is 0 Å². The van der Waals surface area contributed by atoms with E-state index in [-0.39, 0.29) is 17.2 Å². The van der Waals surface area contributed by atoms with E-state index in [0.717, 1.165) is 17.7 Å².